The Morgan fingerprint density at radius 1 is 1.07 bits per heavy atom. The van der Waals surface area contributed by atoms with E-state index in [0.717, 1.165) is 12.0 Å². The van der Waals surface area contributed by atoms with E-state index in [2.05, 4.69) is 25.7 Å². The van der Waals surface area contributed by atoms with Crippen LogP contribution < -0.4 is 0 Å². The van der Waals surface area contributed by atoms with Crippen molar-refractivity contribution < 1.29 is 0 Å². The van der Waals surface area contributed by atoms with E-state index in [1.807, 2.05) is 0 Å². The first kappa shape index (κ1) is 12.0. The molecule has 1 nitrogen and oxygen atoms in total. The van der Waals surface area contributed by atoms with Crippen molar-refractivity contribution in [2.45, 2.75) is 65.3 Å². The van der Waals surface area contributed by atoms with E-state index in [1.54, 1.807) is 0 Å². The van der Waals surface area contributed by atoms with Gasteiger partial charge in [0.15, 0.2) is 0 Å². The smallest absolute Gasteiger partial charge is 0.00953 e. The zero-order chi connectivity index (χ0) is 10.4. The van der Waals surface area contributed by atoms with Gasteiger partial charge in [-0.25, -0.2) is 0 Å². The summed E-state index contributed by atoms with van der Waals surface area (Å²) in [6, 6.07) is 0.984. The van der Waals surface area contributed by atoms with Crippen LogP contribution in [0.1, 0.15) is 59.3 Å². The molecule has 1 aliphatic heterocycles. The predicted octanol–water partition coefficient (Wildman–Crippen LogP) is 3.69. The van der Waals surface area contributed by atoms with Gasteiger partial charge in [-0.15, -0.1) is 0 Å². The molecule has 0 aromatic rings. The van der Waals surface area contributed by atoms with Crippen molar-refractivity contribution in [3.63, 3.8) is 0 Å². The van der Waals surface area contributed by atoms with Gasteiger partial charge in [-0.3, -0.25) is 0 Å². The van der Waals surface area contributed by atoms with Crippen molar-refractivity contribution in [1.29, 1.82) is 0 Å². The van der Waals surface area contributed by atoms with Gasteiger partial charge >= 0.3 is 0 Å². The molecular formula is C13H27N. The highest BCUT2D eigenvalue weighted by Gasteiger charge is 2.27. The second kappa shape index (κ2) is 6.44. The summed E-state index contributed by atoms with van der Waals surface area (Å²) in [5.41, 5.74) is 0. The molecule has 2 fully saturated rings. The summed E-state index contributed by atoms with van der Waals surface area (Å²) < 4.78 is 0. The highest BCUT2D eigenvalue weighted by molar-refractivity contribution is 4.83. The molecule has 1 heteroatoms. The molecule has 2 rings (SSSR count). The lowest BCUT2D eigenvalue weighted by molar-refractivity contribution is 0.0817. The highest BCUT2D eigenvalue weighted by atomic mass is 15.2. The van der Waals surface area contributed by atoms with Crippen molar-refractivity contribution in [1.82, 2.24) is 4.90 Å². The molecule has 0 N–H and O–H groups in total. The zero-order valence-corrected chi connectivity index (χ0v) is 10.3. The lowest BCUT2D eigenvalue weighted by Gasteiger charge is -2.41. The molecule has 1 heterocycles. The fraction of sp³-hybridized carbons (Fsp3) is 1.00. The van der Waals surface area contributed by atoms with E-state index in [9.17, 15) is 0 Å². The van der Waals surface area contributed by atoms with Crippen LogP contribution in [0.5, 0.6) is 0 Å². The molecular weight excluding hydrogens is 170 g/mol. The molecule has 0 bridgehead atoms. The van der Waals surface area contributed by atoms with Crippen molar-refractivity contribution in [2.75, 3.05) is 13.1 Å². The second-order valence-electron chi connectivity index (χ2n) is 5.03. The summed E-state index contributed by atoms with van der Waals surface area (Å²) in [7, 11) is 0. The van der Waals surface area contributed by atoms with Gasteiger partial charge in [0, 0.05) is 12.6 Å². The number of piperidine rings is 1. The molecule has 0 aromatic heterocycles. The standard InChI is InChI=1S/C10H19N.C3H8/c1-9-4-3-7-11(8-9)10-5-2-6-10;1-3-2/h9-10H,2-8H2,1H3;3H2,1-2H3/t9-;/m0./s1. The Morgan fingerprint density at radius 3 is 2.14 bits per heavy atom. The van der Waals surface area contributed by atoms with Crippen molar-refractivity contribution in [2.24, 2.45) is 5.92 Å². The van der Waals surface area contributed by atoms with Crippen molar-refractivity contribution in [3.05, 3.63) is 0 Å². The molecule has 0 radical (unpaired) electrons. The van der Waals surface area contributed by atoms with Crippen LogP contribution in [0.4, 0.5) is 0 Å². The summed E-state index contributed by atoms with van der Waals surface area (Å²) in [5.74, 6) is 0.962. The molecule has 84 valence electrons. The van der Waals surface area contributed by atoms with Gasteiger partial charge in [0.1, 0.15) is 0 Å². The fourth-order valence-corrected chi connectivity index (χ4v) is 2.31. The van der Waals surface area contributed by atoms with Crippen LogP contribution in [-0.4, -0.2) is 24.0 Å². The maximum atomic E-state index is 2.72. The third-order valence-corrected chi connectivity index (χ3v) is 3.28. The van der Waals surface area contributed by atoms with Gasteiger partial charge in [0.2, 0.25) is 0 Å². The Kier molecular flexibility index (Phi) is 5.54. The van der Waals surface area contributed by atoms with E-state index >= 15 is 0 Å². The van der Waals surface area contributed by atoms with Crippen molar-refractivity contribution in [3.8, 4) is 0 Å². The minimum atomic E-state index is 0.962. The number of nitrogens with zero attached hydrogens (tertiary/aromatic N) is 1. The SMILES string of the molecule is CCC.C[C@H]1CCCN(C2CCC2)C1. The molecule has 1 saturated carbocycles. The van der Waals surface area contributed by atoms with Crippen LogP contribution in [0.15, 0.2) is 0 Å². The molecule has 0 amide bonds. The lowest BCUT2D eigenvalue weighted by atomic mass is 9.88. The maximum absolute atomic E-state index is 2.72. The molecule has 0 spiro atoms. The minimum Gasteiger partial charge on any atom is -0.300 e. The average Bonchev–Trinajstić information content (AvgIpc) is 2.02. The van der Waals surface area contributed by atoms with Crippen LogP contribution >= 0.6 is 0 Å². The Labute approximate surface area is 89.9 Å². The van der Waals surface area contributed by atoms with E-state index in [1.165, 1.54) is 51.6 Å². The molecule has 2 aliphatic rings. The second-order valence-corrected chi connectivity index (χ2v) is 5.03. The fourth-order valence-electron chi connectivity index (χ4n) is 2.31. The number of hydrogen-bond acceptors (Lipinski definition) is 1. The third-order valence-electron chi connectivity index (χ3n) is 3.28. The summed E-state index contributed by atoms with van der Waals surface area (Å²) >= 11 is 0. The first-order valence-corrected chi connectivity index (χ1v) is 6.52. The maximum Gasteiger partial charge on any atom is 0.00953 e. The van der Waals surface area contributed by atoms with Gasteiger partial charge in [0.25, 0.3) is 0 Å². The van der Waals surface area contributed by atoms with E-state index in [-0.39, 0.29) is 0 Å². The van der Waals surface area contributed by atoms with Crippen LogP contribution in [0.25, 0.3) is 0 Å². The van der Waals surface area contributed by atoms with Gasteiger partial charge in [0.05, 0.1) is 0 Å². The topological polar surface area (TPSA) is 3.24 Å². The molecule has 1 aliphatic carbocycles. The average molecular weight is 197 g/mol. The third kappa shape index (κ3) is 3.61. The lowest BCUT2D eigenvalue weighted by Crippen LogP contribution is -2.45. The molecule has 14 heavy (non-hydrogen) atoms. The summed E-state index contributed by atoms with van der Waals surface area (Å²) in [6.07, 6.45) is 8.59. The Balaban J connectivity index is 0.000000293. The normalized spacial score (nSPS) is 28.9. The van der Waals surface area contributed by atoms with Gasteiger partial charge in [-0.1, -0.05) is 33.6 Å². The van der Waals surface area contributed by atoms with E-state index in [4.69, 9.17) is 0 Å². The largest absolute Gasteiger partial charge is 0.300 e. The van der Waals surface area contributed by atoms with Crippen LogP contribution in [0.3, 0.4) is 0 Å². The zero-order valence-electron chi connectivity index (χ0n) is 10.3. The summed E-state index contributed by atoms with van der Waals surface area (Å²) in [4.78, 5) is 2.72. The predicted molar refractivity (Wildman–Crippen MR) is 63.6 cm³/mol. The van der Waals surface area contributed by atoms with Gasteiger partial charge in [-0.05, 0) is 38.1 Å². The van der Waals surface area contributed by atoms with Crippen LogP contribution in [-0.2, 0) is 0 Å². The Hall–Kier alpha value is -0.0400. The minimum absolute atomic E-state index is 0.962. The van der Waals surface area contributed by atoms with Crippen LogP contribution in [0, 0.1) is 5.92 Å². The Bertz CT molecular complexity index is 140. The molecule has 1 atom stereocenters. The van der Waals surface area contributed by atoms with Crippen molar-refractivity contribution >= 4 is 0 Å². The molecule has 1 saturated heterocycles. The van der Waals surface area contributed by atoms with Crippen LogP contribution in [0.2, 0.25) is 0 Å². The highest BCUT2D eigenvalue weighted by Crippen LogP contribution is 2.28. The first-order chi connectivity index (χ1) is 6.77. The number of rotatable bonds is 1. The summed E-state index contributed by atoms with van der Waals surface area (Å²) in [6.45, 7) is 9.41. The van der Waals surface area contributed by atoms with Gasteiger partial charge in [-0.2, -0.15) is 0 Å². The number of hydrogen-bond donors (Lipinski definition) is 0. The quantitative estimate of drug-likeness (QED) is 0.620. The molecule has 0 unspecified atom stereocenters. The Morgan fingerprint density at radius 2 is 1.71 bits per heavy atom. The molecule has 0 aromatic carbocycles. The van der Waals surface area contributed by atoms with Gasteiger partial charge < -0.3 is 4.90 Å². The van der Waals surface area contributed by atoms with E-state index < -0.39 is 0 Å². The number of likely N-dealkylation sites (tertiary alicyclic amines) is 1. The summed E-state index contributed by atoms with van der Waals surface area (Å²) in [5, 5.41) is 0. The first-order valence-electron chi connectivity index (χ1n) is 6.52. The monoisotopic (exact) mass is 197 g/mol. The van der Waals surface area contributed by atoms with E-state index in [0.29, 0.717) is 0 Å².